The summed E-state index contributed by atoms with van der Waals surface area (Å²) in [5.41, 5.74) is 0.426. The van der Waals surface area contributed by atoms with Gasteiger partial charge in [-0.05, 0) is 0 Å². The third-order valence-electron chi connectivity index (χ3n) is 2.37. The molecule has 1 aliphatic carbocycles. The summed E-state index contributed by atoms with van der Waals surface area (Å²) in [6, 6.07) is 6.25. The van der Waals surface area contributed by atoms with Gasteiger partial charge in [-0.3, -0.25) is 14.4 Å². The Labute approximate surface area is 85.8 Å². The van der Waals surface area contributed by atoms with E-state index < -0.39 is 23.5 Å². The van der Waals surface area contributed by atoms with E-state index in [1.807, 2.05) is 0 Å². The lowest BCUT2D eigenvalue weighted by atomic mass is 9.87. The molecule has 1 atom stereocenters. The van der Waals surface area contributed by atoms with Crippen molar-refractivity contribution in [2.45, 2.75) is 6.10 Å². The van der Waals surface area contributed by atoms with Crippen LogP contribution in [0.15, 0.2) is 24.3 Å². The maximum Gasteiger partial charge on any atom is 0.239 e. The van der Waals surface area contributed by atoms with Crippen LogP contribution in [-0.2, 0) is 9.53 Å². The van der Waals surface area contributed by atoms with Crippen LogP contribution in [0.1, 0.15) is 20.7 Å². The lowest BCUT2D eigenvalue weighted by molar-refractivity contribution is -0.122. The van der Waals surface area contributed by atoms with Crippen molar-refractivity contribution in [2.24, 2.45) is 0 Å². The number of benzene rings is 1. The largest absolute Gasteiger partial charge is 0.365 e. The number of Topliss-reactive ketones (excluding diaryl/α,β-unsaturated/α-hetero) is 3. The first-order valence-corrected chi connectivity index (χ1v) is 4.41. The summed E-state index contributed by atoms with van der Waals surface area (Å²) >= 11 is 0. The molecule has 1 aliphatic rings. The molecule has 1 aromatic rings. The summed E-state index contributed by atoms with van der Waals surface area (Å²) in [6.45, 7) is 0. The molecule has 0 bridgehead atoms. The monoisotopic (exact) mass is 204 g/mol. The maximum absolute atomic E-state index is 11.7. The molecule has 1 aromatic carbocycles. The van der Waals surface area contributed by atoms with Crippen molar-refractivity contribution in [1.29, 1.82) is 0 Å². The van der Waals surface area contributed by atoms with Crippen LogP contribution in [0.5, 0.6) is 0 Å². The van der Waals surface area contributed by atoms with Crippen molar-refractivity contribution in [3.63, 3.8) is 0 Å². The van der Waals surface area contributed by atoms with Gasteiger partial charge in [-0.1, -0.05) is 24.3 Å². The van der Waals surface area contributed by atoms with Gasteiger partial charge in [-0.2, -0.15) is 0 Å². The number of rotatable bonds is 1. The molecule has 4 nitrogen and oxygen atoms in total. The van der Waals surface area contributed by atoms with E-state index in [1.165, 1.54) is 19.2 Å². The zero-order valence-electron chi connectivity index (χ0n) is 8.02. The summed E-state index contributed by atoms with van der Waals surface area (Å²) in [4.78, 5) is 34.7. The van der Waals surface area contributed by atoms with Crippen molar-refractivity contribution < 1.29 is 19.1 Å². The molecule has 0 saturated heterocycles. The second-order valence-electron chi connectivity index (χ2n) is 3.22. The second kappa shape index (κ2) is 3.40. The molecule has 0 saturated carbocycles. The first-order chi connectivity index (χ1) is 7.16. The first-order valence-electron chi connectivity index (χ1n) is 4.41. The Morgan fingerprint density at radius 1 is 1.00 bits per heavy atom. The van der Waals surface area contributed by atoms with E-state index in [0.29, 0.717) is 0 Å². The van der Waals surface area contributed by atoms with Crippen LogP contribution >= 0.6 is 0 Å². The molecular formula is C11H8O4. The number of carbonyl (C=O) groups excluding carboxylic acids is 3. The fraction of sp³-hybridized carbons (Fsp3) is 0.182. The average Bonchev–Trinajstić information content (AvgIpc) is 2.27. The van der Waals surface area contributed by atoms with Crippen molar-refractivity contribution >= 4 is 17.3 Å². The average molecular weight is 204 g/mol. The number of hydrogen-bond acceptors (Lipinski definition) is 4. The van der Waals surface area contributed by atoms with Gasteiger partial charge >= 0.3 is 0 Å². The molecule has 0 heterocycles. The van der Waals surface area contributed by atoms with Gasteiger partial charge in [0.2, 0.25) is 11.6 Å². The minimum Gasteiger partial charge on any atom is -0.365 e. The molecule has 0 spiro atoms. The summed E-state index contributed by atoms with van der Waals surface area (Å²) in [6.07, 6.45) is -1.27. The highest BCUT2D eigenvalue weighted by Gasteiger charge is 2.40. The molecule has 4 heteroatoms. The van der Waals surface area contributed by atoms with E-state index >= 15 is 0 Å². The molecule has 1 unspecified atom stereocenters. The normalized spacial score (nSPS) is 20.3. The predicted molar refractivity (Wildman–Crippen MR) is 50.9 cm³/mol. The molecule has 0 N–H and O–H groups in total. The van der Waals surface area contributed by atoms with Crippen LogP contribution in [0.4, 0.5) is 0 Å². The SMILES string of the molecule is COC1C(=O)C(=O)c2ccccc2C1=O. The van der Waals surface area contributed by atoms with Crippen LogP contribution in [-0.4, -0.2) is 30.6 Å². The van der Waals surface area contributed by atoms with Crippen LogP contribution < -0.4 is 0 Å². The molecule has 0 aliphatic heterocycles. The van der Waals surface area contributed by atoms with E-state index in [-0.39, 0.29) is 11.1 Å². The molecule has 2 rings (SSSR count). The number of methoxy groups -OCH3 is 1. The Morgan fingerprint density at radius 2 is 1.60 bits per heavy atom. The van der Waals surface area contributed by atoms with Crippen LogP contribution in [0, 0.1) is 0 Å². The predicted octanol–water partition coefficient (Wildman–Crippen LogP) is 0.650. The molecule has 0 amide bonds. The smallest absolute Gasteiger partial charge is 0.239 e. The van der Waals surface area contributed by atoms with Gasteiger partial charge in [-0.25, -0.2) is 0 Å². The van der Waals surface area contributed by atoms with Crippen molar-refractivity contribution in [1.82, 2.24) is 0 Å². The van der Waals surface area contributed by atoms with Crippen LogP contribution in [0.2, 0.25) is 0 Å². The highest BCUT2D eigenvalue weighted by atomic mass is 16.5. The van der Waals surface area contributed by atoms with E-state index in [1.54, 1.807) is 12.1 Å². The summed E-state index contributed by atoms with van der Waals surface area (Å²) in [5, 5.41) is 0. The third-order valence-corrected chi connectivity index (χ3v) is 2.37. The van der Waals surface area contributed by atoms with Crippen LogP contribution in [0.25, 0.3) is 0 Å². The molecule has 0 aromatic heterocycles. The van der Waals surface area contributed by atoms with Gasteiger partial charge in [0.25, 0.3) is 0 Å². The number of hydrogen-bond donors (Lipinski definition) is 0. The highest BCUT2D eigenvalue weighted by Crippen LogP contribution is 2.20. The van der Waals surface area contributed by atoms with Gasteiger partial charge in [0, 0.05) is 18.2 Å². The highest BCUT2D eigenvalue weighted by molar-refractivity contribution is 6.53. The van der Waals surface area contributed by atoms with E-state index in [0.717, 1.165) is 0 Å². The van der Waals surface area contributed by atoms with Gasteiger partial charge in [0.1, 0.15) is 0 Å². The summed E-state index contributed by atoms with van der Waals surface area (Å²) in [7, 11) is 1.24. The second-order valence-corrected chi connectivity index (χ2v) is 3.22. The van der Waals surface area contributed by atoms with E-state index in [2.05, 4.69) is 0 Å². The van der Waals surface area contributed by atoms with Gasteiger partial charge in [-0.15, -0.1) is 0 Å². The lowest BCUT2D eigenvalue weighted by Crippen LogP contribution is -2.42. The molecular weight excluding hydrogens is 196 g/mol. The third kappa shape index (κ3) is 1.30. The van der Waals surface area contributed by atoms with Gasteiger partial charge in [0.05, 0.1) is 0 Å². The number of ether oxygens (including phenoxy) is 1. The van der Waals surface area contributed by atoms with E-state index in [9.17, 15) is 14.4 Å². The van der Waals surface area contributed by atoms with Gasteiger partial charge < -0.3 is 4.74 Å². The minimum absolute atomic E-state index is 0.167. The summed E-state index contributed by atoms with van der Waals surface area (Å²) < 4.78 is 4.72. The molecule has 0 fully saturated rings. The topological polar surface area (TPSA) is 60.4 Å². The minimum atomic E-state index is -1.27. The zero-order valence-corrected chi connectivity index (χ0v) is 8.02. The molecule has 15 heavy (non-hydrogen) atoms. The number of fused-ring (bicyclic) bond motifs is 1. The van der Waals surface area contributed by atoms with E-state index in [4.69, 9.17) is 4.74 Å². The fourth-order valence-corrected chi connectivity index (χ4v) is 1.62. The fourth-order valence-electron chi connectivity index (χ4n) is 1.62. The Balaban J connectivity index is 2.62. The van der Waals surface area contributed by atoms with Crippen molar-refractivity contribution in [3.05, 3.63) is 35.4 Å². The molecule has 76 valence electrons. The Hall–Kier alpha value is -1.81. The number of ketones is 3. The zero-order chi connectivity index (χ0) is 11.0. The van der Waals surface area contributed by atoms with Crippen molar-refractivity contribution in [3.8, 4) is 0 Å². The molecule has 0 radical (unpaired) electrons. The first kappa shape index (κ1) is 9.73. The maximum atomic E-state index is 11.7. The Morgan fingerprint density at radius 3 is 2.20 bits per heavy atom. The standard InChI is InChI=1S/C11H8O4/c1-15-11-9(13)7-5-3-2-4-6(7)8(12)10(11)14/h2-5,11H,1H3. The van der Waals surface area contributed by atoms with Crippen molar-refractivity contribution in [2.75, 3.05) is 7.11 Å². The summed E-state index contributed by atoms with van der Waals surface area (Å²) in [5.74, 6) is -1.89. The quantitative estimate of drug-likeness (QED) is 0.497. The Kier molecular flexibility index (Phi) is 2.21. The Bertz CT molecular complexity index is 461. The van der Waals surface area contributed by atoms with Crippen LogP contribution in [0.3, 0.4) is 0 Å². The lowest BCUT2D eigenvalue weighted by Gasteiger charge is -2.19. The van der Waals surface area contributed by atoms with Gasteiger partial charge in [0.15, 0.2) is 11.9 Å². The number of carbonyl (C=O) groups is 3.